The molecule has 5 heteroatoms. The summed E-state index contributed by atoms with van der Waals surface area (Å²) in [6, 6.07) is 18.0. The third kappa shape index (κ3) is 3.15. The maximum Gasteiger partial charge on any atom is 0.392 e. The van der Waals surface area contributed by atoms with Crippen molar-refractivity contribution in [3.05, 3.63) is 72.3 Å². The number of hydrogen-bond donors (Lipinski definition) is 1. The van der Waals surface area contributed by atoms with Crippen LogP contribution in [0.3, 0.4) is 0 Å². The number of aromatic nitrogens is 1. The van der Waals surface area contributed by atoms with E-state index in [-0.39, 0.29) is 11.8 Å². The molecule has 5 nitrogen and oxygen atoms in total. The Morgan fingerprint density at radius 1 is 1.05 bits per heavy atom. The van der Waals surface area contributed by atoms with Crippen molar-refractivity contribution in [2.24, 2.45) is 0 Å². The van der Waals surface area contributed by atoms with E-state index in [1.165, 1.54) is 6.26 Å². The van der Waals surface area contributed by atoms with Crippen molar-refractivity contribution in [1.29, 1.82) is 0 Å². The normalized spacial score (nSPS) is 10.4. The molecule has 1 aromatic heterocycles. The molecular weight excluding hydrogens is 282 g/mol. The number of hydrogen-bond acceptors (Lipinski definition) is 4. The largest absolute Gasteiger partial charge is 0.474 e. The number of carboxylic acid groups (broad SMARTS) is 1. The fourth-order valence-corrected chi connectivity index (χ4v) is 2.00. The summed E-state index contributed by atoms with van der Waals surface area (Å²) in [6.07, 6.45) is 1.18. The zero-order valence-corrected chi connectivity index (χ0v) is 11.6. The molecule has 0 fully saturated rings. The fourth-order valence-electron chi connectivity index (χ4n) is 2.00. The summed E-state index contributed by atoms with van der Waals surface area (Å²) >= 11 is 0. The van der Waals surface area contributed by atoms with Crippen molar-refractivity contribution in [3.8, 4) is 17.0 Å². The van der Waals surface area contributed by atoms with Gasteiger partial charge in [0.05, 0.1) is 0 Å². The Morgan fingerprint density at radius 2 is 1.73 bits per heavy atom. The topological polar surface area (TPSA) is 72.6 Å². The highest BCUT2D eigenvalue weighted by atomic mass is 16.5. The second-order valence-electron chi connectivity index (χ2n) is 4.65. The highest BCUT2D eigenvalue weighted by molar-refractivity contribution is 5.82. The Labute approximate surface area is 126 Å². The number of nitrogens with zero attached hydrogens (tertiary/aromatic N) is 1. The van der Waals surface area contributed by atoms with Gasteiger partial charge in [-0.1, -0.05) is 54.6 Å². The van der Waals surface area contributed by atoms with E-state index in [1.807, 2.05) is 54.6 Å². The van der Waals surface area contributed by atoms with Gasteiger partial charge >= 0.3 is 11.9 Å². The molecule has 110 valence electrons. The summed E-state index contributed by atoms with van der Waals surface area (Å²) in [5.74, 6) is -1.44. The van der Waals surface area contributed by atoms with Crippen LogP contribution < -0.4 is 4.74 Å². The van der Waals surface area contributed by atoms with Crippen LogP contribution >= 0.6 is 0 Å². The van der Waals surface area contributed by atoms with Crippen molar-refractivity contribution >= 4 is 5.97 Å². The SMILES string of the molecule is O=C(O)c1nc(OCc2ccc(-c3ccccc3)cc2)co1. The third-order valence-electron chi connectivity index (χ3n) is 3.11. The molecule has 0 spiro atoms. The van der Waals surface area contributed by atoms with Gasteiger partial charge in [0, 0.05) is 0 Å². The molecule has 0 aliphatic carbocycles. The molecule has 22 heavy (non-hydrogen) atoms. The first-order valence-corrected chi connectivity index (χ1v) is 6.68. The van der Waals surface area contributed by atoms with Crippen molar-refractivity contribution < 1.29 is 19.1 Å². The van der Waals surface area contributed by atoms with E-state index in [9.17, 15) is 4.79 Å². The van der Waals surface area contributed by atoms with Crippen LogP contribution in [-0.2, 0) is 6.61 Å². The van der Waals surface area contributed by atoms with Gasteiger partial charge < -0.3 is 14.3 Å². The molecule has 3 rings (SSSR count). The summed E-state index contributed by atoms with van der Waals surface area (Å²) < 4.78 is 10.2. The Balaban J connectivity index is 1.65. The van der Waals surface area contributed by atoms with Crippen LogP contribution in [0.4, 0.5) is 0 Å². The first kappa shape index (κ1) is 13.9. The zero-order valence-electron chi connectivity index (χ0n) is 11.6. The Morgan fingerprint density at radius 3 is 2.36 bits per heavy atom. The van der Waals surface area contributed by atoms with Gasteiger partial charge in [0.25, 0.3) is 5.88 Å². The molecule has 0 aliphatic rings. The van der Waals surface area contributed by atoms with Crippen molar-refractivity contribution in [2.45, 2.75) is 6.61 Å². The smallest absolute Gasteiger partial charge is 0.392 e. The molecule has 0 bridgehead atoms. The minimum absolute atomic E-state index is 0.157. The zero-order chi connectivity index (χ0) is 15.4. The predicted octanol–water partition coefficient (Wildman–Crippen LogP) is 3.62. The van der Waals surface area contributed by atoms with Crippen LogP contribution in [0.1, 0.15) is 16.2 Å². The van der Waals surface area contributed by atoms with Crippen LogP contribution in [0.25, 0.3) is 11.1 Å². The summed E-state index contributed by atoms with van der Waals surface area (Å²) in [5.41, 5.74) is 3.23. The van der Waals surface area contributed by atoms with Crippen LogP contribution in [0.2, 0.25) is 0 Å². The first-order chi connectivity index (χ1) is 10.7. The molecule has 2 aromatic carbocycles. The maximum absolute atomic E-state index is 10.6. The number of carbonyl (C=O) groups is 1. The summed E-state index contributed by atoms with van der Waals surface area (Å²) in [7, 11) is 0. The lowest BCUT2D eigenvalue weighted by Gasteiger charge is -2.05. The quantitative estimate of drug-likeness (QED) is 0.778. The van der Waals surface area contributed by atoms with Gasteiger partial charge in [0.2, 0.25) is 0 Å². The maximum atomic E-state index is 10.6. The van der Waals surface area contributed by atoms with Crippen LogP contribution in [0.15, 0.2) is 65.3 Å². The van der Waals surface area contributed by atoms with Crippen LogP contribution in [0, 0.1) is 0 Å². The van der Waals surface area contributed by atoms with Gasteiger partial charge in [-0.25, -0.2) is 4.79 Å². The fraction of sp³-hybridized carbons (Fsp3) is 0.0588. The number of oxazole rings is 1. The molecule has 0 amide bonds. The molecule has 1 heterocycles. The Kier molecular flexibility index (Phi) is 3.87. The molecule has 0 saturated heterocycles. The number of rotatable bonds is 5. The monoisotopic (exact) mass is 295 g/mol. The second kappa shape index (κ2) is 6.13. The van der Waals surface area contributed by atoms with E-state index in [2.05, 4.69) is 4.98 Å². The van der Waals surface area contributed by atoms with Crippen LogP contribution in [0.5, 0.6) is 5.88 Å². The minimum Gasteiger partial charge on any atom is -0.474 e. The van der Waals surface area contributed by atoms with Gasteiger partial charge in [-0.15, -0.1) is 0 Å². The lowest BCUT2D eigenvalue weighted by atomic mass is 10.0. The number of ether oxygens (including phenoxy) is 1. The Hall–Kier alpha value is -3.08. The number of benzene rings is 2. The average Bonchev–Trinajstić information content (AvgIpc) is 3.04. The molecule has 0 radical (unpaired) electrons. The van der Waals surface area contributed by atoms with E-state index < -0.39 is 5.97 Å². The summed E-state index contributed by atoms with van der Waals surface area (Å²) in [6.45, 7) is 0.292. The standard InChI is InChI=1S/C17H13NO4/c19-17(20)16-18-15(11-22-16)21-10-12-6-8-14(9-7-12)13-4-2-1-3-5-13/h1-9,11H,10H2,(H,19,20). The molecule has 0 atom stereocenters. The number of aromatic carboxylic acids is 1. The molecule has 0 unspecified atom stereocenters. The van der Waals surface area contributed by atoms with Gasteiger partial charge in [0.15, 0.2) is 6.26 Å². The Bertz CT molecular complexity index is 763. The highest BCUT2D eigenvalue weighted by Gasteiger charge is 2.11. The average molecular weight is 295 g/mol. The summed E-state index contributed by atoms with van der Waals surface area (Å²) in [4.78, 5) is 14.4. The van der Waals surface area contributed by atoms with Gasteiger partial charge in [-0.05, 0) is 16.7 Å². The number of carboxylic acids is 1. The molecule has 0 saturated carbocycles. The highest BCUT2D eigenvalue weighted by Crippen LogP contribution is 2.20. The van der Waals surface area contributed by atoms with Crippen LogP contribution in [-0.4, -0.2) is 16.1 Å². The lowest BCUT2D eigenvalue weighted by Crippen LogP contribution is -1.98. The molecule has 1 N–H and O–H groups in total. The van der Waals surface area contributed by atoms with Crippen molar-refractivity contribution in [3.63, 3.8) is 0 Å². The van der Waals surface area contributed by atoms with Gasteiger partial charge in [-0.3, -0.25) is 0 Å². The van der Waals surface area contributed by atoms with Gasteiger partial charge in [-0.2, -0.15) is 4.98 Å². The molecule has 3 aromatic rings. The van der Waals surface area contributed by atoms with E-state index in [0.29, 0.717) is 6.61 Å². The van der Waals surface area contributed by atoms with E-state index in [0.717, 1.165) is 16.7 Å². The van der Waals surface area contributed by atoms with Crippen molar-refractivity contribution in [1.82, 2.24) is 4.98 Å². The van der Waals surface area contributed by atoms with Crippen molar-refractivity contribution in [2.75, 3.05) is 0 Å². The predicted molar refractivity (Wildman–Crippen MR) is 79.7 cm³/mol. The van der Waals surface area contributed by atoms with Gasteiger partial charge in [0.1, 0.15) is 6.61 Å². The summed E-state index contributed by atoms with van der Waals surface area (Å²) in [5, 5.41) is 8.71. The lowest BCUT2D eigenvalue weighted by molar-refractivity contribution is 0.0653. The molecule has 0 aliphatic heterocycles. The van der Waals surface area contributed by atoms with E-state index in [4.69, 9.17) is 14.3 Å². The van der Waals surface area contributed by atoms with E-state index >= 15 is 0 Å². The first-order valence-electron chi connectivity index (χ1n) is 6.68. The van der Waals surface area contributed by atoms with E-state index in [1.54, 1.807) is 0 Å². The molecular formula is C17H13NO4. The second-order valence-corrected chi connectivity index (χ2v) is 4.65. The minimum atomic E-state index is -1.22. The third-order valence-corrected chi connectivity index (χ3v) is 3.11.